The number of nitrogen functional groups attached to an aromatic ring is 1. The predicted molar refractivity (Wildman–Crippen MR) is 116 cm³/mol. The van der Waals surface area contributed by atoms with Crippen molar-refractivity contribution in [2.45, 2.75) is 25.4 Å². The van der Waals surface area contributed by atoms with Crippen LogP contribution in [0.15, 0.2) is 42.5 Å². The number of Topliss-reactive ketones (excluding diaryl/α,β-unsaturated/α-hetero) is 3. The van der Waals surface area contributed by atoms with Crippen LogP contribution in [0.25, 0.3) is 0 Å². The maximum atomic E-state index is 12.5. The van der Waals surface area contributed by atoms with Crippen LogP contribution in [0.1, 0.15) is 45.5 Å². The van der Waals surface area contributed by atoms with Crippen LogP contribution in [0.2, 0.25) is 0 Å². The number of halogens is 3. The number of hydrogen-bond acceptors (Lipinski definition) is 9. The number of alkyl halides is 3. The maximum Gasteiger partial charge on any atom is 0.491 e. The molecule has 10 nitrogen and oxygen atoms in total. The maximum absolute atomic E-state index is 12.5. The number of nitrogens with two attached hydrogens (primary N) is 1. The van der Waals surface area contributed by atoms with E-state index in [1.165, 1.54) is 30.3 Å². The Morgan fingerprint density at radius 3 is 2.08 bits per heavy atom. The molecule has 0 radical (unpaired) electrons. The Hall–Kier alpha value is -4.55. The number of ketones is 3. The summed E-state index contributed by atoms with van der Waals surface area (Å²) in [5.74, 6) is -7.15. The van der Waals surface area contributed by atoms with E-state index in [4.69, 9.17) is 15.9 Å². The third-order valence-electron chi connectivity index (χ3n) is 4.54. The third kappa shape index (κ3) is 8.04. The van der Waals surface area contributed by atoms with Crippen LogP contribution in [0.5, 0.6) is 11.5 Å². The Kier molecular flexibility index (Phi) is 9.02. The summed E-state index contributed by atoms with van der Waals surface area (Å²) in [4.78, 5) is 58.4. The van der Waals surface area contributed by atoms with Gasteiger partial charge in [-0.15, -0.1) is 0 Å². The molecule has 0 aliphatic rings. The van der Waals surface area contributed by atoms with Gasteiger partial charge in [-0.05, 0) is 18.2 Å². The summed E-state index contributed by atoms with van der Waals surface area (Å²) < 4.78 is 44.8. The van der Waals surface area contributed by atoms with Crippen LogP contribution in [0.3, 0.4) is 0 Å². The lowest BCUT2D eigenvalue weighted by atomic mass is 10.00. The summed E-state index contributed by atoms with van der Waals surface area (Å²) >= 11 is 0. The van der Waals surface area contributed by atoms with Crippen molar-refractivity contribution >= 4 is 35.1 Å². The van der Waals surface area contributed by atoms with E-state index in [1.54, 1.807) is 0 Å². The monoisotopic (exact) mass is 508 g/mol. The lowest BCUT2D eigenvalue weighted by molar-refractivity contribution is -0.201. The number of benzene rings is 2. The van der Waals surface area contributed by atoms with Crippen molar-refractivity contribution < 1.29 is 51.7 Å². The van der Waals surface area contributed by atoms with Crippen molar-refractivity contribution in [1.82, 2.24) is 0 Å². The molecule has 2 rings (SSSR count). The van der Waals surface area contributed by atoms with E-state index in [1.807, 2.05) is 0 Å². The van der Waals surface area contributed by atoms with Crippen LogP contribution in [0, 0.1) is 5.41 Å². The highest BCUT2D eigenvalue weighted by atomic mass is 19.4. The fraction of sp³-hybridized carbons (Fsp3) is 0.217. The van der Waals surface area contributed by atoms with E-state index in [-0.39, 0.29) is 35.8 Å². The number of phenols is 1. The van der Waals surface area contributed by atoms with Crippen molar-refractivity contribution in [1.29, 1.82) is 5.41 Å². The Morgan fingerprint density at radius 2 is 1.50 bits per heavy atom. The van der Waals surface area contributed by atoms with Crippen molar-refractivity contribution in [3.05, 3.63) is 59.2 Å². The Labute approximate surface area is 201 Å². The van der Waals surface area contributed by atoms with E-state index < -0.39 is 48.5 Å². The number of aromatic hydroxyl groups is 1. The first-order valence-corrected chi connectivity index (χ1v) is 10.1. The number of carbonyl (C=O) groups excluding carboxylic acids is 5. The number of amidine groups is 1. The minimum absolute atomic E-state index is 0.0876. The van der Waals surface area contributed by atoms with E-state index >= 15 is 0 Å². The standard InChI is InChI=1S/C23H19F3N2O8/c24-23(25,26)22(34)36-20(33)9-14(29)11-35-15-5-6-18(31)16(10-15)19(32)8-7-17(30)12-1-3-13(4-2-12)21(27)28/h1-6,10,31H,7-9,11H2,(H3,27,28). The average Bonchev–Trinajstić information content (AvgIpc) is 2.81. The fourth-order valence-electron chi connectivity index (χ4n) is 2.74. The van der Waals surface area contributed by atoms with Crippen molar-refractivity contribution in [3.8, 4) is 11.5 Å². The van der Waals surface area contributed by atoms with Gasteiger partial charge in [0.1, 0.15) is 30.4 Å². The van der Waals surface area contributed by atoms with Crippen LogP contribution in [-0.2, 0) is 19.1 Å². The lowest BCUT2D eigenvalue weighted by Gasteiger charge is -2.09. The van der Waals surface area contributed by atoms with E-state index in [2.05, 4.69) is 4.74 Å². The SMILES string of the molecule is N=C(N)c1ccc(C(=O)CCC(=O)c2cc(OCC(=O)CC(=O)OC(=O)C(F)(F)F)ccc2O)cc1. The van der Waals surface area contributed by atoms with Crippen LogP contribution < -0.4 is 10.5 Å². The zero-order valence-electron chi connectivity index (χ0n) is 18.4. The zero-order chi connectivity index (χ0) is 27.0. The summed E-state index contributed by atoms with van der Waals surface area (Å²) in [7, 11) is 0. The molecule has 0 saturated carbocycles. The van der Waals surface area contributed by atoms with Crippen molar-refractivity contribution in [2.75, 3.05) is 6.61 Å². The highest BCUT2D eigenvalue weighted by Gasteiger charge is 2.42. The highest BCUT2D eigenvalue weighted by Crippen LogP contribution is 2.25. The molecule has 2 aromatic rings. The minimum Gasteiger partial charge on any atom is -0.507 e. The lowest BCUT2D eigenvalue weighted by Crippen LogP contribution is -2.29. The molecule has 0 amide bonds. The molecule has 0 bridgehead atoms. The Balaban J connectivity index is 1.92. The number of rotatable bonds is 11. The highest BCUT2D eigenvalue weighted by molar-refractivity contribution is 6.04. The zero-order valence-corrected chi connectivity index (χ0v) is 18.4. The van der Waals surface area contributed by atoms with Gasteiger partial charge >= 0.3 is 18.1 Å². The fourth-order valence-corrected chi connectivity index (χ4v) is 2.74. The first-order chi connectivity index (χ1) is 16.8. The summed E-state index contributed by atoms with van der Waals surface area (Å²) in [6, 6.07) is 9.25. The number of phenolic OH excluding ortho intramolecular Hbond substituents is 1. The average molecular weight is 508 g/mol. The predicted octanol–water partition coefficient (Wildman–Crippen LogP) is 2.49. The molecular formula is C23H19F3N2O8. The molecule has 13 heteroatoms. The molecule has 190 valence electrons. The van der Waals surface area contributed by atoms with E-state index in [9.17, 15) is 42.3 Å². The topological polar surface area (TPSA) is 174 Å². The Morgan fingerprint density at radius 1 is 0.917 bits per heavy atom. The van der Waals surface area contributed by atoms with Crippen LogP contribution in [-0.4, -0.2) is 53.0 Å². The van der Waals surface area contributed by atoms with Gasteiger partial charge in [0.15, 0.2) is 17.3 Å². The van der Waals surface area contributed by atoms with Gasteiger partial charge in [0.25, 0.3) is 0 Å². The molecule has 0 spiro atoms. The van der Waals surface area contributed by atoms with Crippen LogP contribution >= 0.6 is 0 Å². The summed E-state index contributed by atoms with van der Waals surface area (Å²) in [6.45, 7) is -0.803. The molecule has 0 unspecified atom stereocenters. The molecular weight excluding hydrogens is 489 g/mol. The number of ether oxygens (including phenoxy) is 2. The van der Waals surface area contributed by atoms with Crippen molar-refractivity contribution in [2.24, 2.45) is 5.73 Å². The second kappa shape index (κ2) is 11.7. The minimum atomic E-state index is -5.39. The second-order valence-electron chi connectivity index (χ2n) is 7.28. The van der Waals surface area contributed by atoms with Gasteiger partial charge < -0.3 is 20.3 Å². The van der Waals surface area contributed by atoms with Gasteiger partial charge in [-0.1, -0.05) is 24.3 Å². The molecule has 0 aliphatic carbocycles. The normalized spacial score (nSPS) is 10.9. The molecule has 0 fully saturated rings. The molecule has 0 heterocycles. The summed E-state index contributed by atoms with van der Waals surface area (Å²) in [6.07, 6.45) is -7.03. The van der Waals surface area contributed by atoms with Crippen LogP contribution in [0.4, 0.5) is 13.2 Å². The smallest absolute Gasteiger partial charge is 0.491 e. The number of nitrogens with one attached hydrogen (secondary N) is 1. The molecule has 2 aromatic carbocycles. The second-order valence-corrected chi connectivity index (χ2v) is 7.28. The summed E-state index contributed by atoms with van der Waals surface area (Å²) in [5, 5.41) is 17.3. The quantitative estimate of drug-likeness (QED) is 0.135. The van der Waals surface area contributed by atoms with E-state index in [0.29, 0.717) is 11.1 Å². The van der Waals surface area contributed by atoms with Gasteiger partial charge in [-0.2, -0.15) is 13.2 Å². The number of esters is 2. The number of carbonyl (C=O) groups is 5. The van der Waals surface area contributed by atoms with E-state index in [0.717, 1.165) is 12.1 Å². The first kappa shape index (κ1) is 27.7. The number of hydrogen-bond donors (Lipinski definition) is 3. The summed E-state index contributed by atoms with van der Waals surface area (Å²) in [5.41, 5.74) is 5.86. The molecule has 36 heavy (non-hydrogen) atoms. The molecule has 0 aliphatic heterocycles. The van der Waals surface area contributed by atoms with Gasteiger partial charge in [0, 0.05) is 24.0 Å². The van der Waals surface area contributed by atoms with Gasteiger partial charge in [-0.25, -0.2) is 4.79 Å². The largest absolute Gasteiger partial charge is 0.507 e. The molecule has 4 N–H and O–H groups in total. The molecule has 0 aromatic heterocycles. The van der Waals surface area contributed by atoms with Gasteiger partial charge in [-0.3, -0.25) is 24.6 Å². The van der Waals surface area contributed by atoms with Gasteiger partial charge in [0.05, 0.1) is 5.56 Å². The molecule has 0 atom stereocenters. The van der Waals surface area contributed by atoms with Gasteiger partial charge in [0.2, 0.25) is 0 Å². The first-order valence-electron chi connectivity index (χ1n) is 10.1. The van der Waals surface area contributed by atoms with Crippen molar-refractivity contribution in [3.63, 3.8) is 0 Å². The molecule has 0 saturated heterocycles. The Bertz CT molecular complexity index is 1210. The third-order valence-corrected chi connectivity index (χ3v) is 4.54.